The maximum Gasteiger partial charge on any atom is 0.337 e. The lowest BCUT2D eigenvalue weighted by Crippen LogP contribution is -2.46. The molecular formula is C26H31N3O5S. The smallest absolute Gasteiger partial charge is 0.337 e. The molecule has 1 fully saturated rings. The van der Waals surface area contributed by atoms with E-state index in [2.05, 4.69) is 6.92 Å². The molecule has 186 valence electrons. The zero-order chi connectivity index (χ0) is 24.7. The first-order valence-corrected chi connectivity index (χ1v) is 13.1. The van der Waals surface area contributed by atoms with Gasteiger partial charge < -0.3 is 14.4 Å². The van der Waals surface area contributed by atoms with Crippen molar-refractivity contribution in [3.05, 3.63) is 49.5 Å². The molecule has 9 heteroatoms. The highest BCUT2D eigenvalue weighted by atomic mass is 32.1. The van der Waals surface area contributed by atoms with Crippen molar-refractivity contribution in [1.29, 1.82) is 0 Å². The maximum atomic E-state index is 13.9. The predicted molar refractivity (Wildman–Crippen MR) is 136 cm³/mol. The number of rotatable bonds is 5. The van der Waals surface area contributed by atoms with Crippen LogP contribution in [0.25, 0.3) is 15.9 Å². The number of nitrogens with zero attached hydrogens (tertiary/aromatic N) is 3. The highest BCUT2D eigenvalue weighted by molar-refractivity contribution is 7.18. The van der Waals surface area contributed by atoms with Crippen LogP contribution in [0.5, 0.6) is 11.5 Å². The number of methoxy groups -OCH3 is 2. The first-order chi connectivity index (χ1) is 16.9. The number of carbonyl (C=O) groups is 1. The molecule has 0 saturated carbocycles. The average molecular weight is 498 g/mol. The predicted octanol–water partition coefficient (Wildman–Crippen LogP) is 3.51. The van der Waals surface area contributed by atoms with Crippen LogP contribution in [0.15, 0.2) is 27.8 Å². The number of thiophene rings is 1. The number of likely N-dealkylation sites (tertiary alicyclic amines) is 1. The van der Waals surface area contributed by atoms with Crippen molar-refractivity contribution in [2.75, 3.05) is 20.8 Å². The minimum atomic E-state index is -0.525. The van der Waals surface area contributed by atoms with Gasteiger partial charge in [0.25, 0.3) is 5.56 Å². The molecule has 0 N–H and O–H groups in total. The number of fused-ring (bicyclic) bond motifs is 3. The second-order valence-electron chi connectivity index (χ2n) is 9.37. The molecule has 0 bridgehead atoms. The van der Waals surface area contributed by atoms with Crippen LogP contribution in [0.3, 0.4) is 0 Å². The van der Waals surface area contributed by atoms with Crippen LogP contribution in [-0.2, 0) is 24.2 Å². The highest BCUT2D eigenvalue weighted by Gasteiger charge is 2.28. The minimum absolute atomic E-state index is 0.0844. The number of aryl methyl sites for hydroxylation is 2. The SMILES string of the molecule is COc1ccc(-n2c(=O)c3c4c(sc3n(CC(=O)N3CCCCC3C)c2=O)CCCC4)c(OC)c1. The number of carbonyl (C=O) groups excluding carboxylic acids is 1. The normalized spacial score (nSPS) is 17.9. The summed E-state index contributed by atoms with van der Waals surface area (Å²) >= 11 is 1.49. The van der Waals surface area contributed by atoms with Crippen LogP contribution >= 0.6 is 11.3 Å². The second-order valence-corrected chi connectivity index (χ2v) is 10.5. The molecule has 0 radical (unpaired) electrons. The first kappa shape index (κ1) is 23.7. The third-order valence-corrected chi connectivity index (χ3v) is 8.60. The van der Waals surface area contributed by atoms with E-state index in [1.54, 1.807) is 25.3 Å². The molecule has 1 aliphatic heterocycles. The third-order valence-electron chi connectivity index (χ3n) is 7.28. The van der Waals surface area contributed by atoms with Crippen molar-refractivity contribution >= 4 is 27.5 Å². The summed E-state index contributed by atoms with van der Waals surface area (Å²) in [4.78, 5) is 44.8. The minimum Gasteiger partial charge on any atom is -0.497 e. The average Bonchev–Trinajstić information content (AvgIpc) is 3.26. The lowest BCUT2D eigenvalue weighted by molar-refractivity contribution is -0.135. The first-order valence-electron chi connectivity index (χ1n) is 12.3. The molecule has 1 amide bonds. The third kappa shape index (κ3) is 4.05. The Morgan fingerprint density at radius 3 is 2.63 bits per heavy atom. The zero-order valence-electron chi connectivity index (χ0n) is 20.5. The van der Waals surface area contributed by atoms with E-state index in [0.29, 0.717) is 33.9 Å². The summed E-state index contributed by atoms with van der Waals surface area (Å²) in [6, 6.07) is 5.15. The Hall–Kier alpha value is -3.07. The largest absolute Gasteiger partial charge is 0.497 e. The van der Waals surface area contributed by atoms with Gasteiger partial charge in [-0.3, -0.25) is 14.2 Å². The van der Waals surface area contributed by atoms with E-state index in [1.807, 2.05) is 4.90 Å². The Bertz CT molecular complexity index is 1400. The molecule has 3 heterocycles. The molecule has 5 rings (SSSR count). The van der Waals surface area contributed by atoms with Crippen molar-refractivity contribution in [2.24, 2.45) is 0 Å². The van der Waals surface area contributed by atoms with Gasteiger partial charge in [0.05, 0.1) is 25.3 Å². The maximum absolute atomic E-state index is 13.9. The fourth-order valence-corrected chi connectivity index (χ4v) is 6.76. The molecule has 35 heavy (non-hydrogen) atoms. The van der Waals surface area contributed by atoms with E-state index < -0.39 is 5.69 Å². The molecule has 2 aromatic heterocycles. The van der Waals surface area contributed by atoms with Gasteiger partial charge in [-0.05, 0) is 69.6 Å². The van der Waals surface area contributed by atoms with Crippen LogP contribution in [0.2, 0.25) is 0 Å². The van der Waals surface area contributed by atoms with E-state index in [0.717, 1.165) is 60.0 Å². The van der Waals surface area contributed by atoms with Crippen molar-refractivity contribution in [1.82, 2.24) is 14.0 Å². The molecule has 1 aliphatic carbocycles. The van der Waals surface area contributed by atoms with Gasteiger partial charge in [0.15, 0.2) is 0 Å². The van der Waals surface area contributed by atoms with E-state index in [9.17, 15) is 14.4 Å². The summed E-state index contributed by atoms with van der Waals surface area (Å²) in [5.41, 5.74) is 0.481. The fraction of sp³-hybridized carbons (Fsp3) is 0.500. The number of hydrogen-bond acceptors (Lipinski definition) is 6. The van der Waals surface area contributed by atoms with Gasteiger partial charge in [-0.25, -0.2) is 9.36 Å². The van der Waals surface area contributed by atoms with Gasteiger partial charge in [-0.1, -0.05) is 0 Å². The molecule has 1 atom stereocenters. The quantitative estimate of drug-likeness (QED) is 0.539. The number of amides is 1. The topological polar surface area (TPSA) is 82.8 Å². The Labute approximate surface area is 207 Å². The van der Waals surface area contributed by atoms with Crippen LogP contribution in [0, 0.1) is 0 Å². The number of ether oxygens (including phenoxy) is 2. The highest BCUT2D eigenvalue weighted by Crippen LogP contribution is 2.35. The summed E-state index contributed by atoms with van der Waals surface area (Å²) in [5, 5.41) is 0.557. The fourth-order valence-electron chi connectivity index (χ4n) is 5.38. The molecule has 1 aromatic carbocycles. The molecule has 1 saturated heterocycles. The van der Waals surface area contributed by atoms with Gasteiger partial charge in [-0.2, -0.15) is 0 Å². The second kappa shape index (κ2) is 9.53. The van der Waals surface area contributed by atoms with Crippen molar-refractivity contribution in [2.45, 2.75) is 64.5 Å². The summed E-state index contributed by atoms with van der Waals surface area (Å²) < 4.78 is 13.5. The Morgan fingerprint density at radius 2 is 1.89 bits per heavy atom. The number of hydrogen-bond donors (Lipinski definition) is 0. The lowest BCUT2D eigenvalue weighted by atomic mass is 9.97. The van der Waals surface area contributed by atoms with Crippen LogP contribution in [0.4, 0.5) is 0 Å². The van der Waals surface area contributed by atoms with E-state index >= 15 is 0 Å². The summed E-state index contributed by atoms with van der Waals surface area (Å²) in [6.45, 7) is 2.67. The summed E-state index contributed by atoms with van der Waals surface area (Å²) in [6.07, 6.45) is 6.81. The van der Waals surface area contributed by atoms with E-state index in [1.165, 1.54) is 23.0 Å². The van der Waals surface area contributed by atoms with Gasteiger partial charge >= 0.3 is 5.69 Å². The Morgan fingerprint density at radius 1 is 1.09 bits per heavy atom. The number of piperidine rings is 1. The van der Waals surface area contributed by atoms with Gasteiger partial charge in [0.2, 0.25) is 5.91 Å². The zero-order valence-corrected chi connectivity index (χ0v) is 21.3. The molecule has 2 aliphatic rings. The summed E-state index contributed by atoms with van der Waals surface area (Å²) in [5.74, 6) is 0.829. The van der Waals surface area contributed by atoms with E-state index in [4.69, 9.17) is 9.47 Å². The monoisotopic (exact) mass is 497 g/mol. The van der Waals surface area contributed by atoms with Crippen molar-refractivity contribution in [3.8, 4) is 17.2 Å². The van der Waals surface area contributed by atoms with E-state index in [-0.39, 0.29) is 24.1 Å². The molecule has 3 aromatic rings. The molecular weight excluding hydrogens is 466 g/mol. The van der Waals surface area contributed by atoms with Crippen LogP contribution in [0.1, 0.15) is 49.5 Å². The molecule has 1 unspecified atom stereocenters. The number of aromatic nitrogens is 2. The molecule has 8 nitrogen and oxygen atoms in total. The number of benzene rings is 1. The van der Waals surface area contributed by atoms with Crippen molar-refractivity contribution in [3.63, 3.8) is 0 Å². The van der Waals surface area contributed by atoms with Gasteiger partial charge in [0, 0.05) is 23.5 Å². The Kier molecular flexibility index (Phi) is 6.44. The van der Waals surface area contributed by atoms with Crippen LogP contribution < -0.4 is 20.7 Å². The standard InChI is InChI=1S/C26H31N3O5S/c1-16-8-6-7-13-27(16)22(30)15-28-25-23(18-9-4-5-10-21(18)35-25)24(31)29(26(28)32)19-12-11-17(33-2)14-20(19)34-3/h11-12,14,16H,4-10,13,15H2,1-3H3. The lowest BCUT2D eigenvalue weighted by Gasteiger charge is -2.33. The van der Waals surface area contributed by atoms with Crippen molar-refractivity contribution < 1.29 is 14.3 Å². The molecule has 0 spiro atoms. The van der Waals surface area contributed by atoms with Crippen LogP contribution in [-0.4, -0.2) is 46.7 Å². The van der Waals surface area contributed by atoms with Gasteiger partial charge in [0.1, 0.15) is 22.9 Å². The summed E-state index contributed by atoms with van der Waals surface area (Å²) in [7, 11) is 3.04. The van der Waals surface area contributed by atoms with Gasteiger partial charge in [-0.15, -0.1) is 11.3 Å². The Balaban J connectivity index is 1.74.